The zero-order chi connectivity index (χ0) is 20.9. The monoisotopic (exact) mass is 404 g/mol. The molecule has 30 heavy (non-hydrogen) atoms. The molecule has 2 amide bonds. The van der Waals surface area contributed by atoms with Crippen LogP contribution in [0.15, 0.2) is 60.9 Å². The summed E-state index contributed by atoms with van der Waals surface area (Å²) in [7, 11) is 0. The van der Waals surface area contributed by atoms with Gasteiger partial charge in [0.2, 0.25) is 0 Å². The van der Waals surface area contributed by atoms with Gasteiger partial charge in [-0.1, -0.05) is 29.8 Å². The standard InChI is InChI=1S/C24H28N4O2/c1-3-30-23-7-5-4-6-22(23)26-24(29)27-14-12-19(13-15-27)20-16-25-28(17-20)21-10-8-18(2)9-11-21/h4-11,16-17,19H,3,12-15H2,1-2H3,(H,26,29). The van der Waals surface area contributed by atoms with Crippen molar-refractivity contribution in [3.05, 3.63) is 72.1 Å². The highest BCUT2D eigenvalue weighted by atomic mass is 16.5. The van der Waals surface area contributed by atoms with Gasteiger partial charge in [0.1, 0.15) is 5.75 Å². The first-order chi connectivity index (χ1) is 14.6. The Labute approximate surface area is 177 Å². The van der Waals surface area contributed by atoms with Crippen molar-refractivity contribution in [1.29, 1.82) is 0 Å². The molecule has 2 heterocycles. The van der Waals surface area contributed by atoms with Gasteiger partial charge < -0.3 is 15.0 Å². The van der Waals surface area contributed by atoms with Crippen LogP contribution in [0.1, 0.15) is 36.8 Å². The Morgan fingerprint density at radius 2 is 1.87 bits per heavy atom. The van der Waals surface area contributed by atoms with Crippen LogP contribution in [0.3, 0.4) is 0 Å². The third-order valence-electron chi connectivity index (χ3n) is 5.58. The number of nitrogens with one attached hydrogen (secondary N) is 1. The summed E-state index contributed by atoms with van der Waals surface area (Å²) in [6, 6.07) is 15.8. The number of amides is 2. The maximum absolute atomic E-state index is 12.7. The average Bonchev–Trinajstić information content (AvgIpc) is 3.26. The summed E-state index contributed by atoms with van der Waals surface area (Å²) in [5, 5.41) is 7.53. The number of para-hydroxylation sites is 2. The lowest BCUT2D eigenvalue weighted by Gasteiger charge is -2.31. The van der Waals surface area contributed by atoms with Gasteiger partial charge in [-0.25, -0.2) is 9.48 Å². The largest absolute Gasteiger partial charge is 0.492 e. The summed E-state index contributed by atoms with van der Waals surface area (Å²) in [4.78, 5) is 14.6. The number of hydrogen-bond donors (Lipinski definition) is 1. The second-order valence-electron chi connectivity index (χ2n) is 7.67. The summed E-state index contributed by atoms with van der Waals surface area (Å²) in [5.74, 6) is 1.12. The minimum Gasteiger partial charge on any atom is -0.492 e. The van der Waals surface area contributed by atoms with Gasteiger partial charge in [0.05, 0.1) is 24.2 Å². The Kier molecular flexibility index (Phi) is 6.02. The molecule has 1 saturated heterocycles. The number of benzene rings is 2. The lowest BCUT2D eigenvalue weighted by atomic mass is 9.92. The van der Waals surface area contributed by atoms with Crippen LogP contribution < -0.4 is 10.1 Å². The maximum atomic E-state index is 12.7. The number of nitrogens with zero attached hydrogens (tertiary/aromatic N) is 3. The average molecular weight is 405 g/mol. The number of rotatable bonds is 5. The van der Waals surface area contributed by atoms with Crippen LogP contribution in [-0.4, -0.2) is 40.4 Å². The number of ether oxygens (including phenoxy) is 1. The number of piperidine rings is 1. The lowest BCUT2D eigenvalue weighted by Crippen LogP contribution is -2.40. The second-order valence-corrected chi connectivity index (χ2v) is 7.67. The van der Waals surface area contributed by atoms with E-state index < -0.39 is 0 Å². The Hall–Kier alpha value is -3.28. The Bertz CT molecular complexity index is 988. The molecule has 0 atom stereocenters. The highest BCUT2D eigenvalue weighted by molar-refractivity contribution is 5.91. The normalized spacial score (nSPS) is 14.5. The van der Waals surface area contributed by atoms with Crippen molar-refractivity contribution in [1.82, 2.24) is 14.7 Å². The Balaban J connectivity index is 1.35. The predicted molar refractivity (Wildman–Crippen MR) is 118 cm³/mol. The molecule has 1 N–H and O–H groups in total. The first-order valence-electron chi connectivity index (χ1n) is 10.5. The van der Waals surface area contributed by atoms with Gasteiger partial charge in [-0.2, -0.15) is 5.10 Å². The summed E-state index contributed by atoms with van der Waals surface area (Å²) in [5.41, 5.74) is 4.25. The van der Waals surface area contributed by atoms with E-state index >= 15 is 0 Å². The molecule has 0 radical (unpaired) electrons. The number of aryl methyl sites for hydroxylation is 1. The van der Waals surface area contributed by atoms with Crippen LogP contribution in [-0.2, 0) is 0 Å². The second kappa shape index (κ2) is 9.03. The van der Waals surface area contributed by atoms with Crippen LogP contribution in [0.5, 0.6) is 5.75 Å². The maximum Gasteiger partial charge on any atom is 0.321 e. The molecule has 0 bridgehead atoms. The fourth-order valence-corrected chi connectivity index (χ4v) is 3.85. The van der Waals surface area contributed by atoms with E-state index in [4.69, 9.17) is 4.74 Å². The quantitative estimate of drug-likeness (QED) is 0.652. The highest BCUT2D eigenvalue weighted by Gasteiger charge is 2.25. The first kappa shape index (κ1) is 20.0. The van der Waals surface area contributed by atoms with Crippen LogP contribution >= 0.6 is 0 Å². The van der Waals surface area contributed by atoms with Gasteiger partial charge in [-0.15, -0.1) is 0 Å². The number of anilines is 1. The van der Waals surface area contributed by atoms with Crippen molar-refractivity contribution >= 4 is 11.7 Å². The zero-order valence-electron chi connectivity index (χ0n) is 17.5. The summed E-state index contributed by atoms with van der Waals surface area (Å²) < 4.78 is 7.53. The minimum atomic E-state index is -0.0732. The third kappa shape index (κ3) is 4.48. The predicted octanol–water partition coefficient (Wildman–Crippen LogP) is 4.99. The number of carbonyl (C=O) groups excluding carboxylic acids is 1. The van der Waals surface area contributed by atoms with Gasteiger partial charge in [-0.3, -0.25) is 0 Å². The first-order valence-corrected chi connectivity index (χ1v) is 10.5. The van der Waals surface area contributed by atoms with E-state index in [1.54, 1.807) is 0 Å². The van der Waals surface area contributed by atoms with E-state index in [-0.39, 0.29) is 6.03 Å². The van der Waals surface area contributed by atoms with Crippen molar-refractivity contribution in [2.45, 2.75) is 32.6 Å². The van der Waals surface area contributed by atoms with Gasteiger partial charge in [0.25, 0.3) is 0 Å². The summed E-state index contributed by atoms with van der Waals surface area (Å²) in [6.07, 6.45) is 5.93. The number of hydrogen-bond acceptors (Lipinski definition) is 3. The number of urea groups is 1. The van der Waals surface area contributed by atoms with Crippen molar-refractivity contribution in [3.63, 3.8) is 0 Å². The number of likely N-dealkylation sites (tertiary alicyclic amines) is 1. The zero-order valence-corrected chi connectivity index (χ0v) is 17.5. The molecular formula is C24H28N4O2. The smallest absolute Gasteiger partial charge is 0.321 e. The molecule has 0 spiro atoms. The molecule has 1 fully saturated rings. The Morgan fingerprint density at radius 3 is 2.60 bits per heavy atom. The van der Waals surface area contributed by atoms with E-state index in [1.165, 1.54) is 11.1 Å². The summed E-state index contributed by atoms with van der Waals surface area (Å²) in [6.45, 7) is 6.03. The van der Waals surface area contributed by atoms with Crippen LogP contribution in [0.4, 0.5) is 10.5 Å². The molecule has 0 unspecified atom stereocenters. The van der Waals surface area contributed by atoms with Gasteiger partial charge in [-0.05, 0) is 62.4 Å². The van der Waals surface area contributed by atoms with E-state index in [0.717, 1.165) is 31.6 Å². The Morgan fingerprint density at radius 1 is 1.13 bits per heavy atom. The van der Waals surface area contributed by atoms with Gasteiger partial charge >= 0.3 is 6.03 Å². The number of carbonyl (C=O) groups is 1. The molecule has 6 heteroatoms. The molecule has 1 aromatic heterocycles. The molecule has 6 nitrogen and oxygen atoms in total. The van der Waals surface area contributed by atoms with E-state index in [2.05, 4.69) is 47.8 Å². The molecule has 0 saturated carbocycles. The van der Waals surface area contributed by atoms with Crippen molar-refractivity contribution < 1.29 is 9.53 Å². The summed E-state index contributed by atoms with van der Waals surface area (Å²) >= 11 is 0. The molecule has 2 aromatic carbocycles. The van der Waals surface area contributed by atoms with E-state index in [1.807, 2.05) is 47.0 Å². The van der Waals surface area contributed by atoms with E-state index in [0.29, 0.717) is 24.0 Å². The minimum absolute atomic E-state index is 0.0732. The van der Waals surface area contributed by atoms with Crippen molar-refractivity contribution in [3.8, 4) is 11.4 Å². The third-order valence-corrected chi connectivity index (χ3v) is 5.58. The van der Waals surface area contributed by atoms with Gasteiger partial charge in [0.15, 0.2) is 0 Å². The van der Waals surface area contributed by atoms with Crippen LogP contribution in [0.25, 0.3) is 5.69 Å². The lowest BCUT2D eigenvalue weighted by molar-refractivity contribution is 0.194. The molecule has 1 aliphatic heterocycles. The molecule has 0 aliphatic carbocycles. The molecular weight excluding hydrogens is 376 g/mol. The fraction of sp³-hybridized carbons (Fsp3) is 0.333. The van der Waals surface area contributed by atoms with Gasteiger partial charge in [0, 0.05) is 19.3 Å². The topological polar surface area (TPSA) is 59.4 Å². The molecule has 156 valence electrons. The SMILES string of the molecule is CCOc1ccccc1NC(=O)N1CCC(c2cnn(-c3ccc(C)cc3)c2)CC1. The van der Waals surface area contributed by atoms with Crippen LogP contribution in [0, 0.1) is 6.92 Å². The molecule has 3 aromatic rings. The van der Waals surface area contributed by atoms with Crippen LogP contribution in [0.2, 0.25) is 0 Å². The van der Waals surface area contributed by atoms with Crippen molar-refractivity contribution in [2.75, 3.05) is 25.0 Å². The fourth-order valence-electron chi connectivity index (χ4n) is 3.85. The molecule has 4 rings (SSSR count). The number of aromatic nitrogens is 2. The highest BCUT2D eigenvalue weighted by Crippen LogP contribution is 2.29. The molecule has 1 aliphatic rings. The van der Waals surface area contributed by atoms with E-state index in [9.17, 15) is 4.79 Å². The van der Waals surface area contributed by atoms with Crippen molar-refractivity contribution in [2.24, 2.45) is 0 Å².